The van der Waals surface area contributed by atoms with Crippen LogP contribution in [-0.2, 0) is 0 Å². The van der Waals surface area contributed by atoms with Gasteiger partial charge in [0.05, 0.1) is 39.0 Å². The quantitative estimate of drug-likeness (QED) is 0.177. The average molecular weight is 869 g/mol. The Morgan fingerprint density at radius 2 is 1.01 bits per heavy atom. The van der Waals surface area contributed by atoms with E-state index in [1.165, 1.54) is 91.0 Å². The van der Waals surface area contributed by atoms with Gasteiger partial charge >= 0.3 is 0 Å². The Morgan fingerprint density at radius 3 is 1.90 bits per heavy atom. The Kier molecular flexibility index (Phi) is 7.63. The monoisotopic (exact) mass is 868 g/mol. The Balaban J connectivity index is 0.941. The largest absolute Gasteiger partial charge is 0.309 e. The first-order valence-electron chi connectivity index (χ1n) is 22.8. The van der Waals surface area contributed by atoms with Crippen LogP contribution in [0, 0.1) is 0 Å². The molecule has 4 heterocycles. The molecule has 310 valence electrons. The second kappa shape index (κ2) is 13.9. The molecule has 0 aliphatic carbocycles. The van der Waals surface area contributed by atoms with E-state index in [4.69, 9.17) is 9.97 Å². The summed E-state index contributed by atoms with van der Waals surface area (Å²) in [5.74, 6) is 0.718. The highest BCUT2D eigenvalue weighted by molar-refractivity contribution is 7.25. The van der Waals surface area contributed by atoms with Gasteiger partial charge in [-0.15, -0.1) is 11.3 Å². The van der Waals surface area contributed by atoms with Gasteiger partial charge in [-0.1, -0.05) is 164 Å². The van der Waals surface area contributed by atoms with Gasteiger partial charge in [-0.05, 0) is 76.1 Å². The number of fused-ring (bicyclic) bond motifs is 14. The summed E-state index contributed by atoms with van der Waals surface area (Å²) in [5, 5.41) is 15.7. The average Bonchev–Trinajstić information content (AvgIpc) is 4.05. The van der Waals surface area contributed by atoms with Crippen LogP contribution >= 0.6 is 11.3 Å². The maximum Gasteiger partial charge on any atom is 0.160 e. The molecule has 15 aromatic rings. The lowest BCUT2D eigenvalue weighted by Crippen LogP contribution is -1.99. The first-order chi connectivity index (χ1) is 33.2. The fraction of sp³-hybridized carbons (Fsp3) is 0. The molecule has 0 atom stereocenters. The lowest BCUT2D eigenvalue weighted by molar-refractivity contribution is 1.18. The standard InChI is InChI=1S/C62H36N4S/c1-3-16-43-37(14-1)31-33-46-45-18-6-10-24-52(45)66(60(43)46)61-44-17-4-2-15-40(44)36-54-58(61)48-20-7-11-25-53(48)65(54)42-32-30-38-34-41(29-28-39(38)35-42)62-63-51-23-9-5-19-47(51)59(64-62)50-22-13-27-56-57(50)49-21-8-12-26-55(49)67-56/h1-36H. The number of aromatic nitrogens is 4. The van der Waals surface area contributed by atoms with Crippen molar-refractivity contribution in [3.63, 3.8) is 0 Å². The summed E-state index contributed by atoms with van der Waals surface area (Å²) in [6.45, 7) is 0. The molecule has 11 aromatic carbocycles. The van der Waals surface area contributed by atoms with E-state index in [1.807, 2.05) is 11.3 Å². The minimum Gasteiger partial charge on any atom is -0.309 e. The van der Waals surface area contributed by atoms with Gasteiger partial charge in [0.2, 0.25) is 0 Å². The van der Waals surface area contributed by atoms with E-state index < -0.39 is 0 Å². The lowest BCUT2D eigenvalue weighted by atomic mass is 10.00. The predicted molar refractivity (Wildman–Crippen MR) is 284 cm³/mol. The number of para-hydroxylation sites is 3. The normalized spacial score (nSPS) is 12.2. The second-order valence-corrected chi connectivity index (χ2v) is 18.7. The third kappa shape index (κ3) is 5.29. The van der Waals surface area contributed by atoms with Crippen molar-refractivity contribution in [1.29, 1.82) is 0 Å². The first-order valence-corrected chi connectivity index (χ1v) is 23.6. The molecule has 0 aliphatic rings. The smallest absolute Gasteiger partial charge is 0.160 e. The molecule has 67 heavy (non-hydrogen) atoms. The van der Waals surface area contributed by atoms with Crippen molar-refractivity contribution >= 4 is 118 Å². The number of hydrogen-bond donors (Lipinski definition) is 0. The molecule has 0 bridgehead atoms. The molecule has 0 spiro atoms. The van der Waals surface area contributed by atoms with E-state index in [9.17, 15) is 0 Å². The van der Waals surface area contributed by atoms with E-state index >= 15 is 0 Å². The van der Waals surface area contributed by atoms with Crippen LogP contribution in [0.25, 0.3) is 141 Å². The lowest BCUT2D eigenvalue weighted by Gasteiger charge is -2.16. The fourth-order valence-corrected chi connectivity index (χ4v) is 12.3. The Hall–Kier alpha value is -8.64. The van der Waals surface area contributed by atoms with Crippen molar-refractivity contribution < 1.29 is 0 Å². The van der Waals surface area contributed by atoms with E-state index in [2.05, 4.69) is 228 Å². The summed E-state index contributed by atoms with van der Waals surface area (Å²) in [7, 11) is 0. The maximum absolute atomic E-state index is 5.41. The Labute approximate surface area is 387 Å². The zero-order valence-corrected chi connectivity index (χ0v) is 36.8. The predicted octanol–water partition coefficient (Wildman–Crippen LogP) is 17.0. The molecule has 0 fully saturated rings. The fourth-order valence-electron chi connectivity index (χ4n) is 11.1. The van der Waals surface area contributed by atoms with Gasteiger partial charge in [0, 0.05) is 74.7 Å². The van der Waals surface area contributed by atoms with Crippen molar-refractivity contribution in [3.05, 3.63) is 218 Å². The van der Waals surface area contributed by atoms with Crippen molar-refractivity contribution in [2.75, 3.05) is 0 Å². The second-order valence-electron chi connectivity index (χ2n) is 17.7. The van der Waals surface area contributed by atoms with Crippen molar-refractivity contribution in [2.45, 2.75) is 0 Å². The third-order valence-corrected chi connectivity index (χ3v) is 15.2. The van der Waals surface area contributed by atoms with Gasteiger partial charge in [0.15, 0.2) is 5.82 Å². The molecular formula is C62H36N4S. The summed E-state index contributed by atoms with van der Waals surface area (Å²) >= 11 is 1.83. The summed E-state index contributed by atoms with van der Waals surface area (Å²) in [6, 6.07) is 79.7. The highest BCUT2D eigenvalue weighted by Crippen LogP contribution is 2.46. The van der Waals surface area contributed by atoms with E-state index in [0.29, 0.717) is 0 Å². The molecular weight excluding hydrogens is 833 g/mol. The van der Waals surface area contributed by atoms with Crippen molar-refractivity contribution in [1.82, 2.24) is 19.1 Å². The van der Waals surface area contributed by atoms with Crippen LogP contribution in [0.1, 0.15) is 0 Å². The van der Waals surface area contributed by atoms with Crippen molar-refractivity contribution in [3.8, 4) is 34.0 Å². The number of benzene rings is 11. The number of thiophene rings is 1. The number of hydrogen-bond acceptors (Lipinski definition) is 3. The van der Waals surface area contributed by atoms with Crippen LogP contribution in [-0.4, -0.2) is 19.1 Å². The third-order valence-electron chi connectivity index (χ3n) is 14.0. The minimum absolute atomic E-state index is 0.718. The van der Waals surface area contributed by atoms with Gasteiger partial charge in [-0.3, -0.25) is 0 Å². The van der Waals surface area contributed by atoms with Crippen LogP contribution in [0.2, 0.25) is 0 Å². The molecule has 0 radical (unpaired) electrons. The summed E-state index contributed by atoms with van der Waals surface area (Å²) in [5.41, 5.74) is 11.1. The maximum atomic E-state index is 5.41. The number of rotatable bonds is 4. The molecule has 0 amide bonds. The molecule has 0 unspecified atom stereocenters. The molecule has 0 saturated heterocycles. The molecule has 4 nitrogen and oxygen atoms in total. The van der Waals surface area contributed by atoms with Crippen LogP contribution in [0.3, 0.4) is 0 Å². The van der Waals surface area contributed by atoms with Gasteiger partial charge in [-0.25, -0.2) is 9.97 Å². The zero-order valence-electron chi connectivity index (χ0n) is 36.0. The van der Waals surface area contributed by atoms with Gasteiger partial charge in [-0.2, -0.15) is 0 Å². The minimum atomic E-state index is 0.718. The summed E-state index contributed by atoms with van der Waals surface area (Å²) < 4.78 is 7.56. The summed E-state index contributed by atoms with van der Waals surface area (Å²) in [4.78, 5) is 10.6. The number of nitrogens with zero attached hydrogens (tertiary/aromatic N) is 4. The molecule has 0 saturated carbocycles. The molecule has 15 rings (SSSR count). The van der Waals surface area contributed by atoms with Gasteiger partial charge in [0.1, 0.15) is 0 Å². The van der Waals surface area contributed by atoms with Crippen molar-refractivity contribution in [2.24, 2.45) is 0 Å². The van der Waals surface area contributed by atoms with Gasteiger partial charge < -0.3 is 9.13 Å². The SMILES string of the molecule is c1ccc2c(-n3c4ccccc4c4ccc5ccccc5c43)c3c4ccccc4n(-c4ccc5cc(-c6nc(-c7cccc8sc9ccccc9c78)c7ccccc7n6)ccc5c4)c3cc2c1. The van der Waals surface area contributed by atoms with Gasteiger partial charge in [0.25, 0.3) is 0 Å². The molecule has 4 aromatic heterocycles. The first kappa shape index (κ1) is 36.7. The van der Waals surface area contributed by atoms with Crippen LogP contribution in [0.5, 0.6) is 0 Å². The van der Waals surface area contributed by atoms with E-state index in [1.54, 1.807) is 0 Å². The zero-order chi connectivity index (χ0) is 43.7. The molecule has 0 aliphatic heterocycles. The summed E-state index contributed by atoms with van der Waals surface area (Å²) in [6.07, 6.45) is 0. The highest BCUT2D eigenvalue weighted by Gasteiger charge is 2.24. The topological polar surface area (TPSA) is 35.6 Å². The Bertz CT molecular complexity index is 4590. The van der Waals surface area contributed by atoms with Crippen LogP contribution in [0.4, 0.5) is 0 Å². The highest BCUT2D eigenvalue weighted by atomic mass is 32.1. The van der Waals surface area contributed by atoms with Crippen LogP contribution in [0.15, 0.2) is 218 Å². The van der Waals surface area contributed by atoms with E-state index in [-0.39, 0.29) is 0 Å². The molecule has 0 N–H and O–H groups in total. The van der Waals surface area contributed by atoms with Crippen LogP contribution < -0.4 is 0 Å². The Morgan fingerprint density at radius 1 is 0.358 bits per heavy atom. The molecule has 5 heteroatoms. The van der Waals surface area contributed by atoms with E-state index in [0.717, 1.165) is 50.0 Å².